The Balaban J connectivity index is 0.00000240. The molecule has 1 saturated heterocycles. The van der Waals surface area contributed by atoms with E-state index in [0.29, 0.717) is 6.61 Å². The quantitative estimate of drug-likeness (QED) is 0.526. The molecule has 31 heavy (non-hydrogen) atoms. The molecular weight excluding hydrogens is 457 g/mol. The highest BCUT2D eigenvalue weighted by atomic mass is 35.5. The van der Waals surface area contributed by atoms with Crippen LogP contribution in [0.2, 0.25) is 5.02 Å². The van der Waals surface area contributed by atoms with Crippen molar-refractivity contribution in [1.82, 2.24) is 14.7 Å². The molecule has 1 aliphatic rings. The van der Waals surface area contributed by atoms with Gasteiger partial charge in [-0.25, -0.2) is 0 Å². The Kier molecular flexibility index (Phi) is 12.5. The highest BCUT2D eigenvalue weighted by Crippen LogP contribution is 2.30. The van der Waals surface area contributed by atoms with Gasteiger partial charge in [0.05, 0.1) is 12.6 Å². The van der Waals surface area contributed by atoms with Crippen molar-refractivity contribution in [2.75, 3.05) is 60.0 Å². The summed E-state index contributed by atoms with van der Waals surface area (Å²) >= 11 is 6.11. The van der Waals surface area contributed by atoms with Gasteiger partial charge in [0.2, 0.25) is 5.91 Å². The van der Waals surface area contributed by atoms with E-state index in [4.69, 9.17) is 16.3 Å². The maximum absolute atomic E-state index is 11.6. The summed E-state index contributed by atoms with van der Waals surface area (Å²) in [6, 6.07) is 19.1. The first-order valence-electron chi connectivity index (χ1n) is 10.1. The van der Waals surface area contributed by atoms with E-state index >= 15 is 0 Å². The van der Waals surface area contributed by atoms with Crippen molar-refractivity contribution in [2.24, 2.45) is 0 Å². The van der Waals surface area contributed by atoms with Gasteiger partial charge >= 0.3 is 0 Å². The van der Waals surface area contributed by atoms with Crippen LogP contribution in [0.5, 0.6) is 0 Å². The van der Waals surface area contributed by atoms with E-state index in [9.17, 15) is 4.79 Å². The van der Waals surface area contributed by atoms with E-state index in [1.165, 1.54) is 11.1 Å². The molecule has 1 aliphatic heterocycles. The van der Waals surface area contributed by atoms with Crippen LogP contribution in [-0.4, -0.2) is 80.6 Å². The number of nitrogens with zero attached hydrogens (tertiary/aromatic N) is 3. The molecule has 0 aliphatic carbocycles. The van der Waals surface area contributed by atoms with Crippen molar-refractivity contribution in [3.05, 3.63) is 70.7 Å². The molecular formula is C23H32Cl3N3O2. The number of amides is 1. The Morgan fingerprint density at radius 3 is 2.13 bits per heavy atom. The van der Waals surface area contributed by atoms with Crippen molar-refractivity contribution in [2.45, 2.75) is 6.04 Å². The van der Waals surface area contributed by atoms with Crippen molar-refractivity contribution >= 4 is 42.3 Å². The lowest BCUT2D eigenvalue weighted by Crippen LogP contribution is -2.48. The molecule has 0 N–H and O–H groups in total. The predicted octanol–water partition coefficient (Wildman–Crippen LogP) is 4.00. The zero-order valence-corrected chi connectivity index (χ0v) is 20.5. The molecule has 0 aromatic heterocycles. The standard InChI is InChI=1S/C23H30ClN3O2.2ClH/c1-25(2)22(28)18-29-17-16-26-12-14-27(15-13-26)23(19-6-4-3-5-7-19)20-8-10-21(24)11-9-20;;/h3-11,23H,12-18H2,1-2H3;2*1H. The average Bonchev–Trinajstić information content (AvgIpc) is 2.74. The van der Waals surface area contributed by atoms with Gasteiger partial charge < -0.3 is 9.64 Å². The van der Waals surface area contributed by atoms with Crippen molar-refractivity contribution in [3.8, 4) is 0 Å². The molecule has 172 valence electrons. The summed E-state index contributed by atoms with van der Waals surface area (Å²) < 4.78 is 5.52. The van der Waals surface area contributed by atoms with Gasteiger partial charge in [0.15, 0.2) is 0 Å². The van der Waals surface area contributed by atoms with Crippen LogP contribution in [0, 0.1) is 0 Å². The number of hydrogen-bond acceptors (Lipinski definition) is 4. The fourth-order valence-corrected chi connectivity index (χ4v) is 3.75. The first kappa shape index (κ1) is 27.7. The Hall–Kier alpha value is -1.34. The van der Waals surface area contributed by atoms with E-state index in [2.05, 4.69) is 52.3 Å². The molecule has 1 amide bonds. The summed E-state index contributed by atoms with van der Waals surface area (Å²) in [6.45, 7) is 5.53. The number of carbonyl (C=O) groups excluding carboxylic acids is 1. The van der Waals surface area contributed by atoms with Gasteiger partial charge in [-0.15, -0.1) is 24.8 Å². The summed E-state index contributed by atoms with van der Waals surface area (Å²) in [5.41, 5.74) is 2.56. The second kappa shape index (κ2) is 13.9. The Bertz CT molecular complexity index is 767. The molecule has 2 aromatic carbocycles. The smallest absolute Gasteiger partial charge is 0.248 e. The molecule has 2 aromatic rings. The van der Waals surface area contributed by atoms with Gasteiger partial charge in [0.1, 0.15) is 6.61 Å². The van der Waals surface area contributed by atoms with Crippen molar-refractivity contribution in [3.63, 3.8) is 0 Å². The topological polar surface area (TPSA) is 36.0 Å². The Labute approximate surface area is 203 Å². The SMILES string of the molecule is CN(C)C(=O)COCCN1CCN(C(c2ccccc2)c2ccc(Cl)cc2)CC1.Cl.Cl. The normalized spacial score (nSPS) is 15.5. The molecule has 0 spiro atoms. The predicted molar refractivity (Wildman–Crippen MR) is 132 cm³/mol. The minimum absolute atomic E-state index is 0. The van der Waals surface area contributed by atoms with E-state index in [0.717, 1.165) is 37.7 Å². The van der Waals surface area contributed by atoms with Crippen molar-refractivity contribution in [1.29, 1.82) is 0 Å². The fourth-order valence-electron chi connectivity index (χ4n) is 3.62. The second-order valence-corrected chi connectivity index (χ2v) is 8.02. The number of rotatable bonds is 8. The minimum atomic E-state index is 0. The molecule has 0 saturated carbocycles. The van der Waals surface area contributed by atoms with E-state index in [1.807, 2.05) is 12.1 Å². The van der Waals surface area contributed by atoms with Crippen LogP contribution in [0.15, 0.2) is 54.6 Å². The van der Waals surface area contributed by atoms with Crippen LogP contribution in [0.1, 0.15) is 17.2 Å². The monoisotopic (exact) mass is 487 g/mol. The molecule has 0 radical (unpaired) electrons. The summed E-state index contributed by atoms with van der Waals surface area (Å²) in [6.07, 6.45) is 0. The lowest BCUT2D eigenvalue weighted by atomic mass is 9.96. The molecule has 3 rings (SSSR count). The maximum Gasteiger partial charge on any atom is 0.248 e. The highest BCUT2D eigenvalue weighted by molar-refractivity contribution is 6.30. The van der Waals surface area contributed by atoms with Gasteiger partial charge in [-0.3, -0.25) is 14.6 Å². The van der Waals surface area contributed by atoms with Crippen LogP contribution in [-0.2, 0) is 9.53 Å². The van der Waals surface area contributed by atoms with Gasteiger partial charge in [-0.05, 0) is 23.3 Å². The fraction of sp³-hybridized carbons (Fsp3) is 0.435. The second-order valence-electron chi connectivity index (χ2n) is 7.58. The largest absolute Gasteiger partial charge is 0.370 e. The molecule has 8 heteroatoms. The Morgan fingerprint density at radius 2 is 1.55 bits per heavy atom. The third-order valence-corrected chi connectivity index (χ3v) is 5.60. The number of benzene rings is 2. The van der Waals surface area contributed by atoms with Gasteiger partial charge in [-0.1, -0.05) is 54.1 Å². The van der Waals surface area contributed by atoms with Gasteiger partial charge in [0, 0.05) is 51.8 Å². The number of carbonyl (C=O) groups is 1. The molecule has 1 atom stereocenters. The molecule has 1 heterocycles. The molecule has 5 nitrogen and oxygen atoms in total. The molecule has 1 fully saturated rings. The first-order chi connectivity index (χ1) is 14.0. The molecule has 0 bridgehead atoms. The first-order valence-corrected chi connectivity index (χ1v) is 10.5. The number of ether oxygens (including phenoxy) is 1. The summed E-state index contributed by atoms with van der Waals surface area (Å²) in [5, 5.41) is 0.762. The van der Waals surface area contributed by atoms with E-state index in [-0.39, 0.29) is 43.4 Å². The van der Waals surface area contributed by atoms with Crippen LogP contribution < -0.4 is 0 Å². The number of piperazine rings is 1. The summed E-state index contributed by atoms with van der Waals surface area (Å²) in [7, 11) is 3.49. The number of hydrogen-bond donors (Lipinski definition) is 0. The van der Waals surface area contributed by atoms with Gasteiger partial charge in [0.25, 0.3) is 0 Å². The van der Waals surface area contributed by atoms with Crippen LogP contribution in [0.4, 0.5) is 0 Å². The van der Waals surface area contributed by atoms with Crippen molar-refractivity contribution < 1.29 is 9.53 Å². The summed E-state index contributed by atoms with van der Waals surface area (Å²) in [5.74, 6) is 0.00323. The lowest BCUT2D eigenvalue weighted by Gasteiger charge is -2.39. The zero-order valence-electron chi connectivity index (χ0n) is 18.1. The Morgan fingerprint density at radius 1 is 0.968 bits per heavy atom. The number of halogens is 3. The zero-order chi connectivity index (χ0) is 20.6. The minimum Gasteiger partial charge on any atom is -0.370 e. The molecule has 1 unspecified atom stereocenters. The van der Waals surface area contributed by atoms with Gasteiger partial charge in [-0.2, -0.15) is 0 Å². The highest BCUT2D eigenvalue weighted by Gasteiger charge is 2.26. The van der Waals surface area contributed by atoms with E-state index in [1.54, 1.807) is 19.0 Å². The summed E-state index contributed by atoms with van der Waals surface area (Å²) in [4.78, 5) is 18.1. The third-order valence-electron chi connectivity index (χ3n) is 5.35. The number of likely N-dealkylation sites (N-methyl/N-ethyl adjacent to an activating group) is 1. The average molecular weight is 489 g/mol. The van der Waals surface area contributed by atoms with Crippen LogP contribution in [0.25, 0.3) is 0 Å². The maximum atomic E-state index is 11.6. The lowest BCUT2D eigenvalue weighted by molar-refractivity contribution is -0.133. The van der Waals surface area contributed by atoms with E-state index < -0.39 is 0 Å². The third kappa shape index (κ3) is 8.26. The van der Waals surface area contributed by atoms with Crippen LogP contribution >= 0.6 is 36.4 Å². The van der Waals surface area contributed by atoms with Crippen LogP contribution in [0.3, 0.4) is 0 Å².